The topological polar surface area (TPSA) is 103 Å². The molecule has 0 bridgehead atoms. The van der Waals surface area contributed by atoms with Crippen molar-refractivity contribution in [2.45, 2.75) is 52.4 Å². The Bertz CT molecular complexity index is 1220. The van der Waals surface area contributed by atoms with Crippen molar-refractivity contribution in [3.63, 3.8) is 0 Å². The van der Waals surface area contributed by atoms with Gasteiger partial charge in [0.25, 0.3) is 5.91 Å². The van der Waals surface area contributed by atoms with Crippen molar-refractivity contribution in [2.75, 3.05) is 11.9 Å². The Kier molecular flexibility index (Phi) is 9.87. The predicted octanol–water partition coefficient (Wildman–Crippen LogP) is 6.04. The lowest BCUT2D eigenvalue weighted by Crippen LogP contribution is -2.31. The standard InChI is InChI=1S/C30H34N2O6/c1-5-36-27(33)19-26(22-14-10-7-11-15-22)32-28(34)23-16-24(31-29(35)38-30(2,3)4)18-25(17-23)37-20-21-12-8-6-9-13-21/h6-18,26H,5,19-20H2,1-4H3,(H,31,35)(H,32,34). The van der Waals surface area contributed by atoms with E-state index in [1.807, 2.05) is 60.7 Å². The summed E-state index contributed by atoms with van der Waals surface area (Å²) >= 11 is 0. The first kappa shape index (κ1) is 28.2. The molecule has 3 aromatic rings. The van der Waals surface area contributed by atoms with E-state index >= 15 is 0 Å². The first-order valence-corrected chi connectivity index (χ1v) is 12.5. The summed E-state index contributed by atoms with van der Waals surface area (Å²) in [6.07, 6.45) is -0.690. The summed E-state index contributed by atoms with van der Waals surface area (Å²) in [4.78, 5) is 38.1. The fourth-order valence-electron chi connectivity index (χ4n) is 3.61. The van der Waals surface area contributed by atoms with Gasteiger partial charge in [0, 0.05) is 17.3 Å². The van der Waals surface area contributed by atoms with Crippen molar-refractivity contribution in [2.24, 2.45) is 0 Å². The average molecular weight is 519 g/mol. The number of carbonyl (C=O) groups is 3. The highest BCUT2D eigenvalue weighted by atomic mass is 16.6. The zero-order valence-corrected chi connectivity index (χ0v) is 22.2. The number of esters is 1. The van der Waals surface area contributed by atoms with Crippen molar-refractivity contribution in [1.82, 2.24) is 5.32 Å². The zero-order valence-electron chi connectivity index (χ0n) is 22.2. The lowest BCUT2D eigenvalue weighted by molar-refractivity contribution is -0.143. The largest absolute Gasteiger partial charge is 0.489 e. The van der Waals surface area contributed by atoms with E-state index in [9.17, 15) is 14.4 Å². The Morgan fingerprint density at radius 3 is 2.18 bits per heavy atom. The number of amides is 2. The van der Waals surface area contributed by atoms with Crippen molar-refractivity contribution in [3.05, 3.63) is 95.6 Å². The minimum atomic E-state index is -0.693. The molecule has 0 aliphatic rings. The lowest BCUT2D eigenvalue weighted by atomic mass is 10.0. The van der Waals surface area contributed by atoms with E-state index in [4.69, 9.17) is 14.2 Å². The van der Waals surface area contributed by atoms with Crippen molar-refractivity contribution in [1.29, 1.82) is 0 Å². The van der Waals surface area contributed by atoms with E-state index in [1.165, 1.54) is 6.07 Å². The third kappa shape index (κ3) is 9.28. The highest BCUT2D eigenvalue weighted by Crippen LogP contribution is 2.25. The molecule has 2 amide bonds. The second kappa shape index (κ2) is 13.3. The average Bonchev–Trinajstić information content (AvgIpc) is 2.87. The summed E-state index contributed by atoms with van der Waals surface area (Å²) in [5.74, 6) is -0.483. The molecule has 3 aromatic carbocycles. The van der Waals surface area contributed by atoms with Crippen LogP contribution in [0.15, 0.2) is 78.9 Å². The number of hydrogen-bond acceptors (Lipinski definition) is 6. The molecule has 0 radical (unpaired) electrons. The molecule has 1 atom stereocenters. The number of ether oxygens (including phenoxy) is 3. The fourth-order valence-corrected chi connectivity index (χ4v) is 3.61. The van der Waals surface area contributed by atoms with E-state index in [0.29, 0.717) is 11.4 Å². The maximum atomic E-state index is 13.4. The number of hydrogen-bond donors (Lipinski definition) is 2. The van der Waals surface area contributed by atoms with Gasteiger partial charge in [-0.25, -0.2) is 4.79 Å². The quantitative estimate of drug-likeness (QED) is 0.317. The molecular formula is C30H34N2O6. The second-order valence-corrected chi connectivity index (χ2v) is 9.59. The van der Waals surface area contributed by atoms with Gasteiger partial charge in [0.15, 0.2) is 0 Å². The van der Waals surface area contributed by atoms with E-state index in [-0.39, 0.29) is 25.2 Å². The molecule has 0 spiro atoms. The van der Waals surface area contributed by atoms with Crippen LogP contribution in [0.2, 0.25) is 0 Å². The summed E-state index contributed by atoms with van der Waals surface area (Å²) < 4.78 is 16.4. The third-order valence-corrected chi connectivity index (χ3v) is 5.25. The lowest BCUT2D eigenvalue weighted by Gasteiger charge is -2.21. The Labute approximate surface area is 223 Å². The molecule has 8 heteroatoms. The maximum absolute atomic E-state index is 13.4. The number of rotatable bonds is 10. The van der Waals surface area contributed by atoms with E-state index in [2.05, 4.69) is 10.6 Å². The van der Waals surface area contributed by atoms with Gasteiger partial charge < -0.3 is 19.5 Å². The summed E-state index contributed by atoms with van der Waals surface area (Å²) in [5.41, 5.74) is 1.59. The van der Waals surface area contributed by atoms with E-state index < -0.39 is 29.6 Å². The van der Waals surface area contributed by atoms with Gasteiger partial charge in [0.2, 0.25) is 0 Å². The minimum Gasteiger partial charge on any atom is -0.489 e. The Morgan fingerprint density at radius 1 is 0.895 bits per heavy atom. The normalized spacial score (nSPS) is 11.7. The molecule has 0 aliphatic carbocycles. The summed E-state index contributed by atoms with van der Waals surface area (Å²) in [6, 6.07) is 22.9. The van der Waals surface area contributed by atoms with Gasteiger partial charge in [-0.3, -0.25) is 14.9 Å². The van der Waals surface area contributed by atoms with Gasteiger partial charge in [0.05, 0.1) is 19.1 Å². The number of anilines is 1. The van der Waals surface area contributed by atoms with Crippen LogP contribution in [0, 0.1) is 0 Å². The molecule has 0 aliphatic heterocycles. The Hall–Kier alpha value is -4.33. The van der Waals surface area contributed by atoms with E-state index in [1.54, 1.807) is 39.8 Å². The van der Waals surface area contributed by atoms with Gasteiger partial charge in [-0.05, 0) is 51.0 Å². The molecular weight excluding hydrogens is 484 g/mol. The molecule has 38 heavy (non-hydrogen) atoms. The first-order chi connectivity index (χ1) is 18.1. The van der Waals surface area contributed by atoms with Crippen LogP contribution >= 0.6 is 0 Å². The molecule has 2 N–H and O–H groups in total. The van der Waals surface area contributed by atoms with Crippen LogP contribution < -0.4 is 15.4 Å². The van der Waals surface area contributed by atoms with Crippen molar-refractivity contribution >= 4 is 23.7 Å². The number of benzene rings is 3. The SMILES string of the molecule is CCOC(=O)CC(NC(=O)c1cc(NC(=O)OC(C)(C)C)cc(OCc2ccccc2)c1)c1ccccc1. The van der Waals surface area contributed by atoms with Gasteiger partial charge in [-0.2, -0.15) is 0 Å². The summed E-state index contributed by atoms with van der Waals surface area (Å²) in [7, 11) is 0. The van der Waals surface area contributed by atoms with Crippen molar-refractivity contribution in [3.8, 4) is 5.75 Å². The maximum Gasteiger partial charge on any atom is 0.412 e. The highest BCUT2D eigenvalue weighted by molar-refractivity contribution is 5.97. The third-order valence-electron chi connectivity index (χ3n) is 5.25. The van der Waals surface area contributed by atoms with E-state index in [0.717, 1.165) is 11.1 Å². The summed E-state index contributed by atoms with van der Waals surface area (Å²) in [5, 5.41) is 5.59. The highest BCUT2D eigenvalue weighted by Gasteiger charge is 2.22. The van der Waals surface area contributed by atoms with Gasteiger partial charge in [-0.1, -0.05) is 60.7 Å². The minimum absolute atomic E-state index is 0.0309. The number of nitrogens with one attached hydrogen (secondary N) is 2. The predicted molar refractivity (Wildman–Crippen MR) is 145 cm³/mol. The molecule has 8 nitrogen and oxygen atoms in total. The summed E-state index contributed by atoms with van der Waals surface area (Å²) in [6.45, 7) is 7.53. The molecule has 3 rings (SSSR count). The van der Waals surface area contributed by atoms with Crippen molar-refractivity contribution < 1.29 is 28.6 Å². The smallest absolute Gasteiger partial charge is 0.412 e. The van der Waals surface area contributed by atoms with Crippen LogP contribution in [0.4, 0.5) is 10.5 Å². The van der Waals surface area contributed by atoms with Crippen LogP contribution in [-0.2, 0) is 20.9 Å². The second-order valence-electron chi connectivity index (χ2n) is 9.59. The van der Waals surface area contributed by atoms with Gasteiger partial charge >= 0.3 is 12.1 Å². The molecule has 0 heterocycles. The van der Waals surface area contributed by atoms with Crippen LogP contribution in [0.3, 0.4) is 0 Å². The van der Waals surface area contributed by atoms with Gasteiger partial charge in [0.1, 0.15) is 18.0 Å². The van der Waals surface area contributed by atoms with Crippen LogP contribution in [-0.4, -0.2) is 30.2 Å². The number of carbonyl (C=O) groups excluding carboxylic acids is 3. The molecule has 200 valence electrons. The molecule has 1 unspecified atom stereocenters. The van der Waals surface area contributed by atoms with Gasteiger partial charge in [-0.15, -0.1) is 0 Å². The Morgan fingerprint density at radius 2 is 1.55 bits per heavy atom. The monoisotopic (exact) mass is 518 g/mol. The zero-order chi connectivity index (χ0) is 27.5. The first-order valence-electron chi connectivity index (χ1n) is 12.5. The van der Waals surface area contributed by atoms with Crippen LogP contribution in [0.25, 0.3) is 0 Å². The molecule has 0 fully saturated rings. The molecule has 0 saturated carbocycles. The Balaban J connectivity index is 1.86. The van der Waals surface area contributed by atoms with Crippen LogP contribution in [0.1, 0.15) is 61.6 Å². The van der Waals surface area contributed by atoms with Crippen LogP contribution in [0.5, 0.6) is 5.75 Å². The fraction of sp³-hybridized carbons (Fsp3) is 0.300. The molecule has 0 saturated heterocycles. The molecule has 0 aromatic heterocycles.